The van der Waals surface area contributed by atoms with E-state index >= 15 is 0 Å². The highest BCUT2D eigenvalue weighted by Crippen LogP contribution is 2.53. The number of hydrogen-bond donors (Lipinski definition) is 1. The number of nitrogens with zero attached hydrogens (tertiary/aromatic N) is 9. The first-order valence-corrected chi connectivity index (χ1v) is 22.1. The Morgan fingerprint density at radius 1 is 0.898 bits per heavy atom. The van der Waals surface area contributed by atoms with E-state index in [1.54, 1.807) is 24.3 Å². The molecule has 2 aromatic carbocycles. The van der Waals surface area contributed by atoms with Crippen molar-refractivity contribution in [3.8, 4) is 16.8 Å². The third-order valence-electron chi connectivity index (χ3n) is 13.3. The van der Waals surface area contributed by atoms with Gasteiger partial charge in [-0.3, -0.25) is 14.4 Å². The first-order chi connectivity index (χ1) is 28.7. The van der Waals surface area contributed by atoms with Crippen LogP contribution in [0.1, 0.15) is 101 Å². The summed E-state index contributed by atoms with van der Waals surface area (Å²) in [5, 5.41) is 31.7. The Hall–Kier alpha value is -5.32. The SMILES string of the molecule is Cc1sc2c(c1C)C(c1ccc(N3CC(C4CCN(c5ccc(C(=O)NC6CCC(Oc7ccc(C#N)c(Cl)c7)CC6)nn5)CC4)C3)cc1)=NC1(CC1)c1nnc(C)n1-2. The van der Waals surface area contributed by atoms with Crippen LogP contribution in [0.15, 0.2) is 59.6 Å². The fourth-order valence-corrected chi connectivity index (χ4v) is 10.9. The Morgan fingerprint density at radius 2 is 1.66 bits per heavy atom. The number of fused-ring (bicyclic) bond motifs is 4. The predicted molar refractivity (Wildman–Crippen MR) is 229 cm³/mol. The summed E-state index contributed by atoms with van der Waals surface area (Å²) in [7, 11) is 0. The minimum atomic E-state index is -0.272. The van der Waals surface area contributed by atoms with Gasteiger partial charge < -0.3 is 19.9 Å². The number of hydrogen-bond acceptors (Lipinski definition) is 11. The lowest BCUT2D eigenvalue weighted by Crippen LogP contribution is -2.52. The van der Waals surface area contributed by atoms with E-state index < -0.39 is 0 Å². The monoisotopic (exact) mass is 826 g/mol. The van der Waals surface area contributed by atoms with Crippen LogP contribution in [0.25, 0.3) is 5.00 Å². The maximum absolute atomic E-state index is 13.1. The van der Waals surface area contributed by atoms with Gasteiger partial charge in [-0.1, -0.05) is 23.7 Å². The molecule has 10 rings (SSSR count). The van der Waals surface area contributed by atoms with Crippen molar-refractivity contribution in [2.75, 3.05) is 36.0 Å². The molecule has 0 atom stereocenters. The Morgan fingerprint density at radius 3 is 2.34 bits per heavy atom. The Kier molecular flexibility index (Phi) is 9.67. The van der Waals surface area contributed by atoms with Gasteiger partial charge in [0.15, 0.2) is 17.3 Å². The van der Waals surface area contributed by atoms with Crippen molar-refractivity contribution in [1.29, 1.82) is 5.26 Å². The van der Waals surface area contributed by atoms with Gasteiger partial charge in [-0.05, 0) is 126 Å². The lowest BCUT2D eigenvalue weighted by molar-refractivity contribution is 0.0888. The largest absolute Gasteiger partial charge is 0.490 e. The molecule has 4 fully saturated rings. The zero-order chi connectivity index (χ0) is 40.4. The van der Waals surface area contributed by atoms with E-state index in [4.69, 9.17) is 26.6 Å². The smallest absolute Gasteiger partial charge is 0.272 e. The summed E-state index contributed by atoms with van der Waals surface area (Å²) in [6, 6.07) is 20.1. The maximum Gasteiger partial charge on any atom is 0.272 e. The van der Waals surface area contributed by atoms with Crippen LogP contribution in [0, 0.1) is 43.9 Å². The molecule has 302 valence electrons. The molecule has 12 nitrogen and oxygen atoms in total. The Labute approximate surface area is 353 Å². The third-order valence-corrected chi connectivity index (χ3v) is 14.8. The lowest BCUT2D eigenvalue weighted by Gasteiger charge is -2.47. The number of piperidine rings is 1. The van der Waals surface area contributed by atoms with Crippen LogP contribution in [0.2, 0.25) is 5.02 Å². The minimum absolute atomic E-state index is 0.0414. The fourth-order valence-electron chi connectivity index (χ4n) is 9.44. The zero-order valence-corrected chi connectivity index (χ0v) is 35.2. The molecule has 1 amide bonds. The number of benzene rings is 2. The van der Waals surface area contributed by atoms with Gasteiger partial charge in [-0.25, -0.2) is 0 Å². The Balaban J connectivity index is 0.696. The second kappa shape index (κ2) is 15.1. The van der Waals surface area contributed by atoms with Crippen LogP contribution < -0.4 is 19.9 Å². The fraction of sp³-hybridized carbons (Fsp3) is 0.444. The number of aliphatic imine (C=N–C) groups is 1. The van der Waals surface area contributed by atoms with E-state index in [0.717, 1.165) is 106 Å². The molecule has 5 aliphatic rings. The number of anilines is 2. The van der Waals surface area contributed by atoms with E-state index in [-0.39, 0.29) is 23.6 Å². The van der Waals surface area contributed by atoms with Crippen LogP contribution in [0.4, 0.5) is 11.5 Å². The number of ether oxygens (including phenoxy) is 1. The summed E-state index contributed by atoms with van der Waals surface area (Å²) >= 11 is 7.99. The molecule has 6 heterocycles. The molecule has 3 aromatic heterocycles. The molecule has 2 saturated heterocycles. The average molecular weight is 827 g/mol. The number of nitrogens with one attached hydrogen (secondary N) is 1. The molecule has 0 radical (unpaired) electrons. The zero-order valence-electron chi connectivity index (χ0n) is 33.6. The summed E-state index contributed by atoms with van der Waals surface area (Å²) in [6.07, 6.45) is 7.56. The molecule has 5 aromatic rings. The summed E-state index contributed by atoms with van der Waals surface area (Å²) in [5.74, 6) is 4.58. The van der Waals surface area contributed by atoms with Crippen LogP contribution >= 0.6 is 22.9 Å². The van der Waals surface area contributed by atoms with Crippen molar-refractivity contribution in [2.24, 2.45) is 16.8 Å². The normalized spacial score (nSPS) is 21.2. The first-order valence-electron chi connectivity index (χ1n) is 20.9. The van der Waals surface area contributed by atoms with Gasteiger partial charge in [-0.15, -0.1) is 31.7 Å². The lowest BCUT2D eigenvalue weighted by atomic mass is 9.79. The predicted octanol–water partition coefficient (Wildman–Crippen LogP) is 7.88. The number of amides is 1. The number of carbonyl (C=O) groups excluding carboxylic acids is 1. The molecule has 2 saturated carbocycles. The summed E-state index contributed by atoms with van der Waals surface area (Å²) in [5.41, 5.74) is 6.54. The van der Waals surface area contributed by atoms with Gasteiger partial charge in [0, 0.05) is 60.0 Å². The van der Waals surface area contributed by atoms with Crippen molar-refractivity contribution in [1.82, 2.24) is 30.3 Å². The highest BCUT2D eigenvalue weighted by Gasteiger charge is 2.51. The van der Waals surface area contributed by atoms with E-state index in [1.165, 1.54) is 26.7 Å². The topological polar surface area (TPSA) is 137 Å². The number of aryl methyl sites for hydroxylation is 2. The van der Waals surface area contributed by atoms with Gasteiger partial charge in [0.05, 0.1) is 22.4 Å². The van der Waals surface area contributed by atoms with Crippen LogP contribution in [-0.4, -0.2) is 74.9 Å². The number of nitriles is 1. The molecular weight excluding hydrogens is 780 g/mol. The van der Waals surface area contributed by atoms with Gasteiger partial charge in [0.1, 0.15) is 28.2 Å². The highest BCUT2D eigenvalue weighted by atomic mass is 35.5. The van der Waals surface area contributed by atoms with Crippen molar-refractivity contribution in [3.05, 3.63) is 104 Å². The minimum Gasteiger partial charge on any atom is -0.490 e. The Bertz CT molecular complexity index is 2480. The van der Waals surface area contributed by atoms with Gasteiger partial charge in [0.25, 0.3) is 5.91 Å². The number of carbonyl (C=O) groups is 1. The molecule has 1 N–H and O–H groups in total. The van der Waals surface area contributed by atoms with Crippen molar-refractivity contribution >= 4 is 46.1 Å². The molecule has 2 aliphatic carbocycles. The summed E-state index contributed by atoms with van der Waals surface area (Å²) < 4.78 is 8.37. The van der Waals surface area contributed by atoms with Gasteiger partial charge in [0.2, 0.25) is 0 Å². The van der Waals surface area contributed by atoms with Crippen LogP contribution in [0.5, 0.6) is 5.75 Å². The van der Waals surface area contributed by atoms with E-state index in [1.807, 2.05) is 24.3 Å². The van der Waals surface area contributed by atoms with Gasteiger partial charge >= 0.3 is 0 Å². The molecule has 59 heavy (non-hydrogen) atoms. The maximum atomic E-state index is 13.1. The number of aromatic nitrogens is 5. The molecule has 3 aliphatic heterocycles. The van der Waals surface area contributed by atoms with E-state index in [9.17, 15) is 4.79 Å². The molecule has 0 unspecified atom stereocenters. The first kappa shape index (κ1) is 37.9. The second-order valence-electron chi connectivity index (χ2n) is 17.0. The summed E-state index contributed by atoms with van der Waals surface area (Å²) in [6.45, 7) is 10.5. The van der Waals surface area contributed by atoms with E-state index in [2.05, 4.69) is 84.3 Å². The molecule has 14 heteroatoms. The van der Waals surface area contributed by atoms with Crippen molar-refractivity contribution in [2.45, 2.75) is 89.8 Å². The number of halogens is 1. The van der Waals surface area contributed by atoms with Crippen LogP contribution in [-0.2, 0) is 5.54 Å². The third kappa shape index (κ3) is 7.04. The quantitative estimate of drug-likeness (QED) is 0.166. The summed E-state index contributed by atoms with van der Waals surface area (Å²) in [4.78, 5) is 24.7. The average Bonchev–Trinajstić information content (AvgIpc) is 3.85. The van der Waals surface area contributed by atoms with Crippen LogP contribution in [0.3, 0.4) is 0 Å². The van der Waals surface area contributed by atoms with Gasteiger partial charge in [-0.2, -0.15) is 5.26 Å². The number of thiophene rings is 1. The van der Waals surface area contributed by atoms with Crippen molar-refractivity contribution < 1.29 is 9.53 Å². The standard InChI is InChI=1S/C45H47ClN10O2S/c1-26-27(2)59-43-40(26)41(49-45(18-19-45)44-53-50-28(3)56(43)44)30-4-9-34(10-5-30)55-24-32(25-55)29-16-20-54(21-17-29)39-15-14-38(51-52-39)42(57)48-33-7-12-35(13-8-33)58-36-11-6-31(23-47)37(46)22-36/h4-6,9-11,14-15,22,29,32-33,35H,7-8,12-13,16-21,24-25H2,1-3H3,(H,48,57). The van der Waals surface area contributed by atoms with Crippen molar-refractivity contribution in [3.63, 3.8) is 0 Å². The number of rotatable bonds is 8. The molecule has 1 spiro atoms. The second-order valence-corrected chi connectivity index (χ2v) is 18.6. The molecule has 0 bridgehead atoms. The highest BCUT2D eigenvalue weighted by molar-refractivity contribution is 7.15. The van der Waals surface area contributed by atoms with E-state index in [0.29, 0.717) is 33.9 Å². The molecular formula is C45H47ClN10O2S.